The van der Waals surface area contributed by atoms with E-state index >= 15 is 0 Å². The lowest BCUT2D eigenvalue weighted by Gasteiger charge is -2.33. The minimum absolute atomic E-state index is 0.0581. The standard InChI is InChI=1S/C19H20O6S/c1-9-13-15(20)16(21)14-10-5-4-8-19(2,3)12(10)7-6-11(14)17(13)25-18(9)26(22,23)24/h6-7,20-21H,4-5,8H2,1-3H3,(H,22,23,24). The molecule has 0 bridgehead atoms. The average Bonchev–Trinajstić information content (AvgIpc) is 2.89. The summed E-state index contributed by atoms with van der Waals surface area (Å²) in [5.41, 5.74) is 2.19. The molecule has 3 N–H and O–H groups in total. The summed E-state index contributed by atoms with van der Waals surface area (Å²) in [4.78, 5) is 0. The summed E-state index contributed by atoms with van der Waals surface area (Å²) in [6.07, 6.45) is 2.72. The largest absolute Gasteiger partial charge is 0.504 e. The van der Waals surface area contributed by atoms with Gasteiger partial charge in [0.1, 0.15) is 5.58 Å². The normalized spacial score (nSPS) is 16.9. The van der Waals surface area contributed by atoms with Gasteiger partial charge < -0.3 is 14.6 Å². The summed E-state index contributed by atoms with van der Waals surface area (Å²) in [5, 5.41) is 21.8. The van der Waals surface area contributed by atoms with Crippen LogP contribution in [0, 0.1) is 6.92 Å². The van der Waals surface area contributed by atoms with Crippen LogP contribution in [0.5, 0.6) is 11.5 Å². The Morgan fingerprint density at radius 1 is 1.12 bits per heavy atom. The van der Waals surface area contributed by atoms with Gasteiger partial charge >= 0.3 is 10.1 Å². The molecule has 3 aromatic rings. The van der Waals surface area contributed by atoms with Gasteiger partial charge in [0.2, 0.25) is 5.09 Å². The SMILES string of the molecule is Cc1c(S(=O)(=O)O)oc2c1c(O)c(O)c1c3c(ccc12)C(C)(C)CCC3. The molecule has 0 fully saturated rings. The smallest absolute Gasteiger partial charge is 0.328 e. The van der Waals surface area contributed by atoms with Gasteiger partial charge in [-0.05, 0) is 42.7 Å². The van der Waals surface area contributed by atoms with Crippen LogP contribution in [0.15, 0.2) is 21.6 Å². The summed E-state index contributed by atoms with van der Waals surface area (Å²) in [6, 6.07) is 3.75. The van der Waals surface area contributed by atoms with Crippen LogP contribution in [0.3, 0.4) is 0 Å². The van der Waals surface area contributed by atoms with E-state index in [-0.39, 0.29) is 27.7 Å². The van der Waals surface area contributed by atoms with E-state index in [1.165, 1.54) is 6.92 Å². The van der Waals surface area contributed by atoms with Crippen LogP contribution in [-0.4, -0.2) is 23.2 Å². The minimum Gasteiger partial charge on any atom is -0.504 e. The van der Waals surface area contributed by atoms with Crippen LogP contribution in [0.25, 0.3) is 21.7 Å². The molecule has 1 aliphatic carbocycles. The van der Waals surface area contributed by atoms with Crippen molar-refractivity contribution in [3.05, 3.63) is 28.8 Å². The summed E-state index contributed by atoms with van der Waals surface area (Å²) in [5.74, 6) is -0.715. The van der Waals surface area contributed by atoms with Crippen LogP contribution in [0.1, 0.15) is 43.4 Å². The first kappa shape index (κ1) is 17.2. The molecule has 4 rings (SSSR count). The van der Waals surface area contributed by atoms with Gasteiger partial charge in [0, 0.05) is 16.3 Å². The van der Waals surface area contributed by atoms with Crippen molar-refractivity contribution in [2.75, 3.05) is 0 Å². The molecule has 0 spiro atoms. The number of aromatic hydroxyl groups is 2. The molecule has 1 heterocycles. The summed E-state index contributed by atoms with van der Waals surface area (Å²) >= 11 is 0. The molecule has 2 aromatic carbocycles. The second-order valence-corrected chi connectivity index (χ2v) is 8.96. The lowest BCUT2D eigenvalue weighted by atomic mass is 9.71. The number of fused-ring (bicyclic) bond motifs is 5. The van der Waals surface area contributed by atoms with E-state index in [0.29, 0.717) is 10.8 Å². The molecule has 1 aliphatic rings. The van der Waals surface area contributed by atoms with E-state index in [9.17, 15) is 23.2 Å². The van der Waals surface area contributed by atoms with Crippen molar-refractivity contribution in [1.82, 2.24) is 0 Å². The molecule has 0 amide bonds. The Hall–Kier alpha value is -2.25. The Morgan fingerprint density at radius 2 is 1.77 bits per heavy atom. The summed E-state index contributed by atoms with van der Waals surface area (Å²) in [7, 11) is -4.59. The first-order chi connectivity index (χ1) is 12.0. The van der Waals surface area contributed by atoms with Gasteiger partial charge in [-0.3, -0.25) is 4.55 Å². The third-order valence-corrected chi connectivity index (χ3v) is 6.41. The zero-order valence-electron chi connectivity index (χ0n) is 14.8. The number of phenols is 2. The molecule has 6 nitrogen and oxygen atoms in total. The highest BCUT2D eigenvalue weighted by Gasteiger charge is 2.32. The average molecular weight is 376 g/mol. The highest BCUT2D eigenvalue weighted by atomic mass is 32.2. The van der Waals surface area contributed by atoms with E-state index < -0.39 is 21.0 Å². The van der Waals surface area contributed by atoms with Crippen molar-refractivity contribution in [3.8, 4) is 11.5 Å². The Bertz CT molecular complexity index is 1180. The molecular formula is C19H20O6S. The molecule has 0 saturated heterocycles. The van der Waals surface area contributed by atoms with Crippen molar-refractivity contribution in [2.45, 2.75) is 50.5 Å². The first-order valence-corrected chi connectivity index (χ1v) is 9.88. The Labute approximate surface area is 150 Å². The zero-order chi connectivity index (χ0) is 19.0. The number of phenolic OH excluding ortho intramolecular Hbond substituents is 2. The fourth-order valence-corrected chi connectivity index (χ4v) is 4.97. The quantitative estimate of drug-likeness (QED) is 0.435. The molecule has 7 heteroatoms. The highest BCUT2D eigenvalue weighted by molar-refractivity contribution is 7.85. The molecular weight excluding hydrogens is 356 g/mol. The third kappa shape index (κ3) is 2.17. The van der Waals surface area contributed by atoms with Gasteiger partial charge in [0.15, 0.2) is 11.5 Å². The predicted octanol–water partition coefficient (Wildman–Crippen LogP) is 4.17. The van der Waals surface area contributed by atoms with Crippen LogP contribution in [0.2, 0.25) is 0 Å². The fourth-order valence-electron chi connectivity index (χ4n) is 4.29. The predicted molar refractivity (Wildman–Crippen MR) is 97.6 cm³/mol. The van der Waals surface area contributed by atoms with Crippen molar-refractivity contribution in [2.24, 2.45) is 0 Å². The number of aryl methyl sites for hydroxylation is 2. The molecule has 26 heavy (non-hydrogen) atoms. The molecule has 0 aliphatic heterocycles. The highest BCUT2D eigenvalue weighted by Crippen LogP contribution is 2.50. The molecule has 138 valence electrons. The molecule has 0 saturated carbocycles. The van der Waals surface area contributed by atoms with E-state index in [0.717, 1.165) is 30.4 Å². The maximum Gasteiger partial charge on any atom is 0.328 e. The van der Waals surface area contributed by atoms with Crippen LogP contribution in [0.4, 0.5) is 0 Å². The Morgan fingerprint density at radius 3 is 2.42 bits per heavy atom. The second-order valence-electron chi connectivity index (χ2n) is 7.64. The second kappa shape index (κ2) is 5.14. The first-order valence-electron chi connectivity index (χ1n) is 8.44. The lowest BCUT2D eigenvalue weighted by Crippen LogP contribution is -2.23. The van der Waals surface area contributed by atoms with Crippen LogP contribution >= 0.6 is 0 Å². The Balaban J connectivity index is 2.23. The molecule has 0 radical (unpaired) electrons. The van der Waals surface area contributed by atoms with E-state index in [1.807, 2.05) is 6.07 Å². The number of benzene rings is 2. The van der Waals surface area contributed by atoms with Gasteiger partial charge in [-0.2, -0.15) is 8.42 Å². The van der Waals surface area contributed by atoms with Gasteiger partial charge in [-0.25, -0.2) is 0 Å². The van der Waals surface area contributed by atoms with Crippen LogP contribution < -0.4 is 0 Å². The van der Waals surface area contributed by atoms with Gasteiger partial charge in [-0.15, -0.1) is 0 Å². The monoisotopic (exact) mass is 376 g/mol. The van der Waals surface area contributed by atoms with Gasteiger partial charge in [0.25, 0.3) is 0 Å². The third-order valence-electron chi connectivity index (χ3n) is 5.55. The van der Waals surface area contributed by atoms with E-state index in [1.54, 1.807) is 6.07 Å². The maximum absolute atomic E-state index is 11.6. The summed E-state index contributed by atoms with van der Waals surface area (Å²) in [6.45, 7) is 5.70. The van der Waals surface area contributed by atoms with E-state index in [2.05, 4.69) is 13.8 Å². The molecule has 0 atom stereocenters. The van der Waals surface area contributed by atoms with Crippen molar-refractivity contribution in [1.29, 1.82) is 0 Å². The number of hydrogen-bond acceptors (Lipinski definition) is 5. The number of rotatable bonds is 1. The molecule has 0 unspecified atom stereocenters. The Kier molecular flexibility index (Phi) is 3.40. The topological polar surface area (TPSA) is 108 Å². The van der Waals surface area contributed by atoms with Crippen molar-refractivity contribution < 1.29 is 27.6 Å². The van der Waals surface area contributed by atoms with Crippen molar-refractivity contribution >= 4 is 31.9 Å². The van der Waals surface area contributed by atoms with Crippen LogP contribution in [-0.2, 0) is 22.0 Å². The van der Waals surface area contributed by atoms with E-state index in [4.69, 9.17) is 4.42 Å². The fraction of sp³-hybridized carbons (Fsp3) is 0.368. The number of furan rings is 1. The maximum atomic E-state index is 11.6. The summed E-state index contributed by atoms with van der Waals surface area (Å²) < 4.78 is 38.0. The van der Waals surface area contributed by atoms with Crippen molar-refractivity contribution in [3.63, 3.8) is 0 Å². The lowest BCUT2D eigenvalue weighted by molar-refractivity contribution is 0.409. The van der Waals surface area contributed by atoms with Gasteiger partial charge in [0.05, 0.1) is 5.39 Å². The zero-order valence-corrected chi connectivity index (χ0v) is 15.6. The van der Waals surface area contributed by atoms with Gasteiger partial charge in [-0.1, -0.05) is 26.0 Å². The minimum atomic E-state index is -4.59. The molecule has 1 aromatic heterocycles. The number of hydrogen-bond donors (Lipinski definition) is 3.